The van der Waals surface area contributed by atoms with E-state index in [1.165, 1.54) is 36.8 Å². The van der Waals surface area contributed by atoms with Gasteiger partial charge in [0.2, 0.25) is 0 Å². The Morgan fingerprint density at radius 1 is 1.05 bits per heavy atom. The Morgan fingerprint density at radius 2 is 1.67 bits per heavy atom. The van der Waals surface area contributed by atoms with Crippen LogP contribution in [0.4, 0.5) is 0 Å². The van der Waals surface area contributed by atoms with Gasteiger partial charge >= 0.3 is 0 Å². The van der Waals surface area contributed by atoms with Crippen LogP contribution < -0.4 is 5.32 Å². The van der Waals surface area contributed by atoms with Gasteiger partial charge in [0.25, 0.3) is 0 Å². The molecule has 0 radical (unpaired) electrons. The summed E-state index contributed by atoms with van der Waals surface area (Å²) in [6.45, 7) is 10.2. The third kappa shape index (κ3) is 3.17. The molecule has 1 spiro atoms. The minimum absolute atomic E-state index is 0.0532. The average Bonchev–Trinajstić information content (AvgIpc) is 2.46. The molecule has 1 aromatic carbocycles. The monoisotopic (exact) mass is 287 g/mol. The number of hydrogen-bond acceptors (Lipinski definition) is 2. The van der Waals surface area contributed by atoms with Gasteiger partial charge in [0.15, 0.2) is 0 Å². The van der Waals surface area contributed by atoms with Crippen LogP contribution >= 0.6 is 0 Å². The van der Waals surface area contributed by atoms with E-state index in [9.17, 15) is 0 Å². The molecular formula is C19H29NO. The summed E-state index contributed by atoms with van der Waals surface area (Å²) in [4.78, 5) is 0. The summed E-state index contributed by atoms with van der Waals surface area (Å²) in [5.74, 6) is 0. The maximum Gasteiger partial charge on any atom is 0.0983 e. The molecule has 1 aliphatic heterocycles. The van der Waals surface area contributed by atoms with E-state index in [1.54, 1.807) is 0 Å². The number of ether oxygens (including phenoxy) is 1. The van der Waals surface area contributed by atoms with Crippen molar-refractivity contribution >= 4 is 0 Å². The third-order valence-electron chi connectivity index (χ3n) is 5.50. The zero-order valence-electron chi connectivity index (χ0n) is 13.9. The van der Waals surface area contributed by atoms with Crippen molar-refractivity contribution in [3.8, 4) is 0 Å². The van der Waals surface area contributed by atoms with Crippen LogP contribution in [0.5, 0.6) is 0 Å². The van der Waals surface area contributed by atoms with Crippen molar-refractivity contribution in [3.05, 3.63) is 35.4 Å². The van der Waals surface area contributed by atoms with E-state index < -0.39 is 0 Å². The van der Waals surface area contributed by atoms with Crippen LogP contribution in [0.1, 0.15) is 63.7 Å². The van der Waals surface area contributed by atoms with Gasteiger partial charge in [-0.15, -0.1) is 0 Å². The van der Waals surface area contributed by atoms with Crippen molar-refractivity contribution in [1.29, 1.82) is 0 Å². The first-order chi connectivity index (χ1) is 9.89. The van der Waals surface area contributed by atoms with E-state index in [1.807, 2.05) is 0 Å². The lowest BCUT2D eigenvalue weighted by molar-refractivity contribution is -0.161. The van der Waals surface area contributed by atoms with Crippen molar-refractivity contribution in [3.63, 3.8) is 0 Å². The molecule has 1 saturated heterocycles. The molecule has 0 bridgehead atoms. The molecule has 2 heteroatoms. The highest BCUT2D eigenvalue weighted by molar-refractivity contribution is 5.25. The minimum atomic E-state index is 0.0532. The Balaban J connectivity index is 1.77. The van der Waals surface area contributed by atoms with Gasteiger partial charge in [0.05, 0.1) is 11.7 Å². The Morgan fingerprint density at radius 3 is 2.29 bits per heavy atom. The summed E-state index contributed by atoms with van der Waals surface area (Å²) in [6.07, 6.45) is 5.08. The first-order valence-electron chi connectivity index (χ1n) is 8.37. The van der Waals surface area contributed by atoms with E-state index in [2.05, 4.69) is 57.3 Å². The molecule has 2 fully saturated rings. The van der Waals surface area contributed by atoms with Gasteiger partial charge in [-0.3, -0.25) is 0 Å². The van der Waals surface area contributed by atoms with Crippen LogP contribution in [0, 0.1) is 12.3 Å². The highest BCUT2D eigenvalue weighted by Crippen LogP contribution is 2.45. The maximum atomic E-state index is 6.68. The number of hydrogen-bond donors (Lipinski definition) is 1. The third-order valence-corrected chi connectivity index (χ3v) is 5.50. The molecule has 116 valence electrons. The molecular weight excluding hydrogens is 258 g/mol. The molecule has 1 saturated carbocycles. The standard InChI is InChI=1S/C19H29NO/c1-14-5-7-16(8-6-14)17-15(2)20-13-19(21-17)11-9-18(3,4)10-12-19/h5-8,15,17,20H,9-13H2,1-4H3. The maximum absolute atomic E-state index is 6.68. The second-order valence-electron chi connectivity index (χ2n) is 7.97. The first-order valence-corrected chi connectivity index (χ1v) is 8.37. The average molecular weight is 287 g/mol. The van der Waals surface area contributed by atoms with Crippen molar-refractivity contribution in [2.45, 2.75) is 71.1 Å². The summed E-state index contributed by atoms with van der Waals surface area (Å²) in [5.41, 5.74) is 3.16. The van der Waals surface area contributed by atoms with Gasteiger partial charge in [0.1, 0.15) is 0 Å². The van der Waals surface area contributed by atoms with Crippen molar-refractivity contribution < 1.29 is 4.74 Å². The van der Waals surface area contributed by atoms with Crippen LogP contribution in [-0.2, 0) is 4.74 Å². The largest absolute Gasteiger partial charge is 0.364 e. The molecule has 2 nitrogen and oxygen atoms in total. The predicted octanol–water partition coefficient (Wildman–Crippen LogP) is 4.38. The van der Waals surface area contributed by atoms with E-state index in [4.69, 9.17) is 4.74 Å². The molecule has 3 rings (SSSR count). The lowest BCUT2D eigenvalue weighted by Crippen LogP contribution is -2.56. The summed E-state index contributed by atoms with van der Waals surface area (Å²) < 4.78 is 6.68. The summed E-state index contributed by atoms with van der Waals surface area (Å²) >= 11 is 0. The van der Waals surface area contributed by atoms with Gasteiger partial charge in [0, 0.05) is 12.6 Å². The van der Waals surface area contributed by atoms with E-state index >= 15 is 0 Å². The smallest absolute Gasteiger partial charge is 0.0983 e. The lowest BCUT2D eigenvalue weighted by Gasteiger charge is -2.50. The van der Waals surface area contributed by atoms with Crippen LogP contribution in [0.3, 0.4) is 0 Å². The number of rotatable bonds is 1. The van der Waals surface area contributed by atoms with Gasteiger partial charge in [-0.1, -0.05) is 43.7 Å². The topological polar surface area (TPSA) is 21.3 Å². The Labute approximate surface area is 129 Å². The molecule has 1 N–H and O–H groups in total. The van der Waals surface area contributed by atoms with E-state index in [0.717, 1.165) is 6.54 Å². The number of aryl methyl sites for hydroxylation is 1. The Hall–Kier alpha value is -0.860. The zero-order chi connectivity index (χ0) is 15.1. The quantitative estimate of drug-likeness (QED) is 0.827. The van der Waals surface area contributed by atoms with Crippen molar-refractivity contribution in [2.75, 3.05) is 6.54 Å². The summed E-state index contributed by atoms with van der Waals surface area (Å²) in [7, 11) is 0. The Bertz CT molecular complexity index is 481. The Kier molecular flexibility index (Phi) is 3.87. The fourth-order valence-electron chi connectivity index (χ4n) is 3.66. The number of morpholine rings is 1. The van der Waals surface area contributed by atoms with Crippen LogP contribution in [0.15, 0.2) is 24.3 Å². The van der Waals surface area contributed by atoms with E-state index in [-0.39, 0.29) is 11.7 Å². The molecule has 21 heavy (non-hydrogen) atoms. The molecule has 2 unspecified atom stereocenters. The molecule has 0 amide bonds. The van der Waals surface area contributed by atoms with Crippen LogP contribution in [-0.4, -0.2) is 18.2 Å². The zero-order valence-corrected chi connectivity index (χ0v) is 13.9. The van der Waals surface area contributed by atoms with Gasteiger partial charge in [-0.25, -0.2) is 0 Å². The van der Waals surface area contributed by atoms with Crippen LogP contribution in [0.25, 0.3) is 0 Å². The molecule has 1 heterocycles. The van der Waals surface area contributed by atoms with E-state index in [0.29, 0.717) is 11.5 Å². The van der Waals surface area contributed by atoms with Gasteiger partial charge in [-0.05, 0) is 50.5 Å². The SMILES string of the molecule is Cc1ccc(C2OC3(CCC(C)(C)CC3)CNC2C)cc1. The number of benzene rings is 1. The molecule has 1 aliphatic carbocycles. The summed E-state index contributed by atoms with van der Waals surface area (Å²) in [5, 5.41) is 3.71. The van der Waals surface area contributed by atoms with Gasteiger partial charge in [-0.2, -0.15) is 0 Å². The highest BCUT2D eigenvalue weighted by atomic mass is 16.5. The number of nitrogens with one attached hydrogen (secondary N) is 1. The van der Waals surface area contributed by atoms with Crippen LogP contribution in [0.2, 0.25) is 0 Å². The fraction of sp³-hybridized carbons (Fsp3) is 0.684. The second kappa shape index (κ2) is 5.40. The predicted molar refractivity (Wildman–Crippen MR) is 87.4 cm³/mol. The highest BCUT2D eigenvalue weighted by Gasteiger charge is 2.44. The molecule has 0 aromatic heterocycles. The minimum Gasteiger partial charge on any atom is -0.364 e. The second-order valence-corrected chi connectivity index (χ2v) is 7.97. The molecule has 2 aliphatic rings. The molecule has 2 atom stereocenters. The summed E-state index contributed by atoms with van der Waals surface area (Å²) in [6, 6.07) is 9.22. The fourth-order valence-corrected chi connectivity index (χ4v) is 3.66. The lowest BCUT2D eigenvalue weighted by atomic mass is 9.70. The van der Waals surface area contributed by atoms with Gasteiger partial charge < -0.3 is 10.1 Å². The molecule has 1 aromatic rings. The van der Waals surface area contributed by atoms with Crippen molar-refractivity contribution in [2.24, 2.45) is 5.41 Å². The first kappa shape index (κ1) is 15.1. The normalized spacial score (nSPS) is 31.2. The van der Waals surface area contributed by atoms with Crippen molar-refractivity contribution in [1.82, 2.24) is 5.32 Å².